The van der Waals surface area contributed by atoms with E-state index < -0.39 is 42.5 Å². The molecule has 3 aromatic rings. The molecule has 0 unspecified atom stereocenters. The SMILES string of the molecule is CCCCCCCCc1ccc(C(=O)C[C@@H](CCCN)C(=O)N(C)[C@@H]2C(=O)C[C@@H](C)C(=O)N[C@H](C(=O)C[C@@H](C)B3O[C@@H]4C[C@@H]5C[C@@H](C5(C)C)[C@]4(C)O3)Cc3ccc(OC)c(c3)-c3cc2ccc3OC)cc1. The minimum absolute atomic E-state index is 0.0256. The van der Waals surface area contributed by atoms with Crippen molar-refractivity contribution in [1.29, 1.82) is 0 Å². The zero-order valence-corrected chi connectivity index (χ0v) is 44.0. The number of rotatable bonds is 21. The molecule has 4 fully saturated rings. The number of nitrogens with two attached hydrogens (primary N) is 1. The van der Waals surface area contributed by atoms with Crippen LogP contribution in [0.15, 0.2) is 60.7 Å². The van der Waals surface area contributed by atoms with Gasteiger partial charge in [-0.3, -0.25) is 24.0 Å². The summed E-state index contributed by atoms with van der Waals surface area (Å²) in [5.74, 6) is -1.40. The lowest BCUT2D eigenvalue weighted by Gasteiger charge is -2.64. The Balaban J connectivity index is 1.14. The smallest absolute Gasteiger partial charge is 0.461 e. The van der Waals surface area contributed by atoms with E-state index in [2.05, 4.69) is 33.0 Å². The van der Waals surface area contributed by atoms with Gasteiger partial charge in [-0.2, -0.15) is 0 Å². The summed E-state index contributed by atoms with van der Waals surface area (Å²) in [6.45, 7) is 13.0. The molecule has 0 spiro atoms. The standard InChI is InChI=1S/C58H80BN3O9/c1-10-11-12-13-14-15-17-38-19-22-40(23-20-38)47(63)33-42(18-16-27-60)56(67)62(7)54-41-24-26-51(69-9)45(32-41)44-30-39(21-25-50(44)68-8)31-46(61-55(66)36(2)28-49(54)65)48(64)29-37(3)59-70-53-35-43-34-52(57(43,4)5)58(53,6)71-59/h19-26,30,32,36-37,42-43,46,52-54H,10-18,27-29,31,33-35,60H2,1-9H3,(H,61,66)/t36-,37-,42-,43+,46+,52+,53-,54+,58+/m1/s1. The predicted octanol–water partition coefficient (Wildman–Crippen LogP) is 10.1. The second kappa shape index (κ2) is 23.4. The van der Waals surface area contributed by atoms with Gasteiger partial charge in [-0.05, 0) is 122 Å². The second-order valence-corrected chi connectivity index (χ2v) is 22.1. The number of ketones is 3. The third-order valence-electron chi connectivity index (χ3n) is 16.8. The lowest BCUT2D eigenvalue weighted by Crippen LogP contribution is -2.65. The second-order valence-electron chi connectivity index (χ2n) is 22.1. The van der Waals surface area contributed by atoms with Crippen LogP contribution in [0.1, 0.15) is 158 Å². The van der Waals surface area contributed by atoms with E-state index in [9.17, 15) is 24.0 Å². The van der Waals surface area contributed by atoms with Crippen LogP contribution in [0.25, 0.3) is 11.1 Å². The van der Waals surface area contributed by atoms with Gasteiger partial charge in [0.1, 0.15) is 17.5 Å². The number of hydrogen-bond acceptors (Lipinski definition) is 10. The number of unbranched alkanes of at least 4 members (excludes halogenated alkanes) is 5. The van der Waals surface area contributed by atoms with Crippen molar-refractivity contribution >= 4 is 36.3 Å². The molecule has 8 rings (SSSR count). The quantitative estimate of drug-likeness (QED) is 0.0597. The molecule has 6 bridgehead atoms. The minimum atomic E-state index is -1.14. The highest BCUT2D eigenvalue weighted by molar-refractivity contribution is 6.47. The van der Waals surface area contributed by atoms with E-state index in [1.54, 1.807) is 40.3 Å². The van der Waals surface area contributed by atoms with Gasteiger partial charge in [-0.1, -0.05) is 103 Å². The molecule has 3 saturated carbocycles. The lowest BCUT2D eigenvalue weighted by molar-refractivity contribution is -0.199. The largest absolute Gasteiger partial charge is 0.496 e. The lowest BCUT2D eigenvalue weighted by atomic mass is 9.43. The van der Waals surface area contributed by atoms with Crippen molar-refractivity contribution in [2.24, 2.45) is 34.8 Å². The number of aryl methyl sites for hydroxylation is 1. The molecule has 2 heterocycles. The molecule has 3 N–H and O–H groups in total. The summed E-state index contributed by atoms with van der Waals surface area (Å²) in [5, 5.41) is 3.05. The fraction of sp³-hybridized carbons (Fsp3) is 0.603. The van der Waals surface area contributed by atoms with Crippen LogP contribution in [-0.2, 0) is 41.3 Å². The van der Waals surface area contributed by atoms with Crippen LogP contribution in [0.2, 0.25) is 5.82 Å². The Labute approximate surface area is 423 Å². The number of hydrogen-bond donors (Lipinski definition) is 2. The number of fused-ring (bicyclic) bond motifs is 5. The monoisotopic (exact) mass is 974 g/mol. The molecule has 384 valence electrons. The first-order chi connectivity index (χ1) is 33.9. The van der Waals surface area contributed by atoms with Crippen molar-refractivity contribution in [3.8, 4) is 22.6 Å². The van der Waals surface area contributed by atoms with E-state index in [0.717, 1.165) is 31.2 Å². The molecule has 0 radical (unpaired) electrons. The van der Waals surface area contributed by atoms with Crippen LogP contribution in [-0.4, -0.2) is 86.7 Å². The Morgan fingerprint density at radius 1 is 0.873 bits per heavy atom. The number of likely N-dealkylation sites (N-methyl/N-ethyl adjacent to an activating group) is 1. The topological polar surface area (TPSA) is 164 Å². The molecule has 12 nitrogen and oxygen atoms in total. The van der Waals surface area contributed by atoms with Crippen LogP contribution >= 0.6 is 0 Å². The third-order valence-corrected chi connectivity index (χ3v) is 16.8. The van der Waals surface area contributed by atoms with E-state index in [4.69, 9.17) is 24.5 Å². The third kappa shape index (κ3) is 11.8. The fourth-order valence-corrected chi connectivity index (χ4v) is 12.2. The summed E-state index contributed by atoms with van der Waals surface area (Å²) in [4.78, 5) is 73.9. The van der Waals surface area contributed by atoms with E-state index in [-0.39, 0.29) is 66.3 Å². The highest BCUT2D eigenvalue weighted by Gasteiger charge is 2.68. The molecule has 3 aliphatic carbocycles. The number of carbonyl (C=O) groups is 5. The maximum atomic E-state index is 14.9. The summed E-state index contributed by atoms with van der Waals surface area (Å²) in [6, 6.07) is 16.7. The molecule has 71 heavy (non-hydrogen) atoms. The molecule has 5 aliphatic rings. The summed E-state index contributed by atoms with van der Waals surface area (Å²) in [7, 11) is 4.17. The van der Waals surface area contributed by atoms with Crippen LogP contribution < -0.4 is 20.5 Å². The van der Waals surface area contributed by atoms with Gasteiger partial charge in [0.05, 0.1) is 32.0 Å². The Morgan fingerprint density at radius 2 is 1.55 bits per heavy atom. The fourth-order valence-electron chi connectivity index (χ4n) is 12.2. The number of nitrogens with zero attached hydrogens (tertiary/aromatic N) is 1. The molecular formula is C58H80BN3O9. The molecule has 1 saturated heterocycles. The van der Waals surface area contributed by atoms with Gasteiger partial charge in [0.25, 0.3) is 0 Å². The van der Waals surface area contributed by atoms with E-state index in [1.807, 2.05) is 55.5 Å². The first kappa shape index (κ1) is 53.9. The molecule has 2 aliphatic heterocycles. The molecular weight excluding hydrogens is 893 g/mol. The van der Waals surface area contributed by atoms with E-state index >= 15 is 0 Å². The van der Waals surface area contributed by atoms with Crippen LogP contribution in [0.4, 0.5) is 0 Å². The number of ether oxygens (including phenoxy) is 2. The maximum Gasteiger partial charge on any atom is 0.461 e. The maximum absolute atomic E-state index is 14.9. The number of amides is 2. The zero-order chi connectivity index (χ0) is 51.2. The first-order valence-corrected chi connectivity index (χ1v) is 26.6. The van der Waals surface area contributed by atoms with Gasteiger partial charge in [0.15, 0.2) is 17.3 Å². The van der Waals surface area contributed by atoms with Gasteiger partial charge in [0, 0.05) is 54.8 Å². The number of carbonyl (C=O) groups excluding carboxylic acids is 5. The van der Waals surface area contributed by atoms with E-state index in [0.29, 0.717) is 65.0 Å². The minimum Gasteiger partial charge on any atom is -0.496 e. The average Bonchev–Trinajstić information content (AvgIpc) is 3.73. The number of methoxy groups -OCH3 is 2. The van der Waals surface area contributed by atoms with Crippen molar-refractivity contribution in [3.05, 3.63) is 82.9 Å². The van der Waals surface area contributed by atoms with Crippen molar-refractivity contribution in [3.63, 3.8) is 0 Å². The van der Waals surface area contributed by atoms with Gasteiger partial charge in [-0.25, -0.2) is 0 Å². The Morgan fingerprint density at radius 3 is 2.23 bits per heavy atom. The van der Waals surface area contributed by atoms with Crippen LogP contribution in [0.3, 0.4) is 0 Å². The van der Waals surface area contributed by atoms with Gasteiger partial charge >= 0.3 is 7.12 Å². The average molecular weight is 974 g/mol. The van der Waals surface area contributed by atoms with Gasteiger partial charge < -0.3 is 34.7 Å². The summed E-state index contributed by atoms with van der Waals surface area (Å²) < 4.78 is 25.1. The van der Waals surface area contributed by atoms with Crippen molar-refractivity contribution in [1.82, 2.24) is 10.2 Å². The first-order valence-electron chi connectivity index (χ1n) is 26.6. The molecule has 2 amide bonds. The highest BCUT2D eigenvalue weighted by Crippen LogP contribution is 2.66. The zero-order valence-electron chi connectivity index (χ0n) is 44.0. The van der Waals surface area contributed by atoms with Gasteiger partial charge in [-0.15, -0.1) is 0 Å². The van der Waals surface area contributed by atoms with E-state index in [1.165, 1.54) is 42.6 Å². The summed E-state index contributed by atoms with van der Waals surface area (Å²) in [6.07, 6.45) is 11.1. The molecule has 13 heteroatoms. The molecule has 3 aromatic carbocycles. The number of nitrogens with one attached hydrogen (secondary N) is 1. The van der Waals surface area contributed by atoms with Crippen molar-refractivity contribution < 1.29 is 42.8 Å². The Kier molecular flexibility index (Phi) is 17.7. The highest BCUT2D eigenvalue weighted by atomic mass is 16.7. The number of Topliss-reactive ketones (excluding diaryl/α,β-unsaturated/α-hetero) is 3. The summed E-state index contributed by atoms with van der Waals surface area (Å²) in [5.41, 5.74) is 10.0. The Bertz CT molecular complexity index is 2390. The van der Waals surface area contributed by atoms with Crippen LogP contribution in [0, 0.1) is 29.1 Å². The van der Waals surface area contributed by atoms with Crippen molar-refractivity contribution in [2.45, 2.75) is 167 Å². The van der Waals surface area contributed by atoms with Crippen LogP contribution in [0.5, 0.6) is 11.5 Å². The Hall–Kier alpha value is -4.85. The molecule has 9 atom stereocenters. The summed E-state index contributed by atoms with van der Waals surface area (Å²) >= 11 is 0. The van der Waals surface area contributed by atoms with Crippen molar-refractivity contribution in [2.75, 3.05) is 27.8 Å². The number of benzene rings is 3. The normalized spacial score (nSPS) is 25.5. The molecule has 0 aromatic heterocycles. The van der Waals surface area contributed by atoms with Gasteiger partial charge in [0.2, 0.25) is 11.8 Å². The predicted molar refractivity (Wildman–Crippen MR) is 278 cm³/mol.